The number of hydrogen-bond donors (Lipinski definition) is 2. The van der Waals surface area contributed by atoms with Gasteiger partial charge in [-0.2, -0.15) is 17.6 Å². The SMILES string of the molecule is O=C(CNc1ccc(OC(F)F)c(Cl)c1)Nc1ccc(OC(F)F)cc1. The van der Waals surface area contributed by atoms with Crippen LogP contribution in [-0.4, -0.2) is 25.7 Å². The highest BCUT2D eigenvalue weighted by atomic mass is 35.5. The minimum atomic E-state index is -2.99. The number of rotatable bonds is 8. The van der Waals surface area contributed by atoms with Gasteiger partial charge in [-0.05, 0) is 42.5 Å². The Morgan fingerprint density at radius 1 is 0.962 bits per heavy atom. The maximum Gasteiger partial charge on any atom is 0.387 e. The molecule has 5 nitrogen and oxygen atoms in total. The molecule has 0 heterocycles. The summed E-state index contributed by atoms with van der Waals surface area (Å²) in [6.07, 6.45) is 0. The summed E-state index contributed by atoms with van der Waals surface area (Å²) in [5, 5.41) is 5.27. The minimum Gasteiger partial charge on any atom is -0.435 e. The van der Waals surface area contributed by atoms with E-state index < -0.39 is 19.1 Å². The predicted octanol–water partition coefficient (Wildman–Crippen LogP) is 4.59. The number of halogens is 5. The molecule has 140 valence electrons. The fourth-order valence-corrected chi connectivity index (χ4v) is 2.13. The van der Waals surface area contributed by atoms with Crippen molar-refractivity contribution in [2.75, 3.05) is 17.2 Å². The molecular weight excluding hydrogens is 380 g/mol. The predicted molar refractivity (Wildman–Crippen MR) is 88.3 cm³/mol. The van der Waals surface area contributed by atoms with E-state index in [2.05, 4.69) is 20.1 Å². The van der Waals surface area contributed by atoms with Crippen LogP contribution in [0, 0.1) is 0 Å². The smallest absolute Gasteiger partial charge is 0.387 e. The number of amides is 1. The largest absolute Gasteiger partial charge is 0.435 e. The minimum absolute atomic E-state index is 0.0307. The third-order valence-corrected chi connectivity index (χ3v) is 3.26. The van der Waals surface area contributed by atoms with Crippen LogP contribution in [0.25, 0.3) is 0 Å². The Bertz CT molecular complexity index is 745. The molecule has 0 bridgehead atoms. The summed E-state index contributed by atoms with van der Waals surface area (Å²) in [5.41, 5.74) is 0.810. The van der Waals surface area contributed by atoms with E-state index in [0.29, 0.717) is 11.4 Å². The summed E-state index contributed by atoms with van der Waals surface area (Å²) < 4.78 is 56.8. The van der Waals surface area contributed by atoms with Crippen LogP contribution in [0.15, 0.2) is 42.5 Å². The number of carbonyl (C=O) groups excluding carboxylic acids is 1. The second kappa shape index (κ2) is 9.14. The first kappa shape index (κ1) is 19.6. The molecule has 0 saturated heterocycles. The highest BCUT2D eigenvalue weighted by Gasteiger charge is 2.10. The van der Waals surface area contributed by atoms with Gasteiger partial charge in [-0.25, -0.2) is 0 Å². The maximum atomic E-state index is 12.2. The van der Waals surface area contributed by atoms with E-state index in [0.717, 1.165) is 0 Å². The van der Waals surface area contributed by atoms with Crippen LogP contribution >= 0.6 is 11.6 Å². The lowest BCUT2D eigenvalue weighted by atomic mass is 10.3. The second-order valence-corrected chi connectivity index (χ2v) is 5.24. The molecule has 26 heavy (non-hydrogen) atoms. The zero-order valence-electron chi connectivity index (χ0n) is 13.0. The van der Waals surface area contributed by atoms with E-state index in [1.165, 1.54) is 42.5 Å². The molecule has 0 unspecified atom stereocenters. The van der Waals surface area contributed by atoms with Crippen molar-refractivity contribution < 1.29 is 31.8 Å². The van der Waals surface area contributed by atoms with Crippen LogP contribution < -0.4 is 20.1 Å². The summed E-state index contributed by atoms with van der Waals surface area (Å²) in [6.45, 7) is -6.06. The molecule has 0 aliphatic carbocycles. The van der Waals surface area contributed by atoms with Crippen LogP contribution in [0.1, 0.15) is 0 Å². The summed E-state index contributed by atoms with van der Waals surface area (Å²) in [4.78, 5) is 11.9. The Hall–Kier alpha value is -2.68. The molecule has 2 aromatic rings. The molecule has 0 radical (unpaired) electrons. The summed E-state index contributed by atoms with van der Waals surface area (Å²) >= 11 is 5.81. The van der Waals surface area contributed by atoms with Crippen LogP contribution in [0.5, 0.6) is 11.5 Å². The van der Waals surface area contributed by atoms with Crippen LogP contribution in [-0.2, 0) is 4.79 Å². The maximum absolute atomic E-state index is 12.2. The average molecular weight is 393 g/mol. The fraction of sp³-hybridized carbons (Fsp3) is 0.188. The molecule has 0 aliphatic heterocycles. The van der Waals surface area contributed by atoms with Gasteiger partial charge in [0.1, 0.15) is 11.5 Å². The van der Waals surface area contributed by atoms with Crippen molar-refractivity contribution in [3.05, 3.63) is 47.5 Å². The fourth-order valence-electron chi connectivity index (χ4n) is 1.91. The van der Waals surface area contributed by atoms with Crippen molar-refractivity contribution in [3.63, 3.8) is 0 Å². The van der Waals surface area contributed by atoms with Crippen molar-refractivity contribution in [2.24, 2.45) is 0 Å². The molecule has 0 atom stereocenters. The van der Waals surface area contributed by atoms with Gasteiger partial charge in [-0.3, -0.25) is 4.79 Å². The molecule has 2 rings (SSSR count). The Kier molecular flexibility index (Phi) is 6.90. The lowest BCUT2D eigenvalue weighted by Gasteiger charge is -2.11. The molecule has 2 aromatic carbocycles. The molecule has 0 fully saturated rings. The molecule has 10 heteroatoms. The van der Waals surface area contributed by atoms with Gasteiger partial charge in [-0.15, -0.1) is 0 Å². The van der Waals surface area contributed by atoms with Gasteiger partial charge in [0.05, 0.1) is 11.6 Å². The quantitative estimate of drug-likeness (QED) is 0.645. The molecule has 0 spiro atoms. The Morgan fingerprint density at radius 2 is 1.58 bits per heavy atom. The molecule has 2 N–H and O–H groups in total. The highest BCUT2D eigenvalue weighted by Crippen LogP contribution is 2.28. The molecule has 1 amide bonds. The summed E-state index contributed by atoms with van der Waals surface area (Å²) in [5.74, 6) is -0.629. The van der Waals surface area contributed by atoms with Gasteiger partial charge in [0.15, 0.2) is 0 Å². The number of anilines is 2. The normalized spacial score (nSPS) is 10.7. The summed E-state index contributed by atoms with van der Waals surface area (Å²) in [6, 6.07) is 9.40. The van der Waals surface area contributed by atoms with Gasteiger partial charge in [0.2, 0.25) is 5.91 Å². The Balaban J connectivity index is 1.85. The van der Waals surface area contributed by atoms with Crippen molar-refractivity contribution in [1.29, 1.82) is 0 Å². The van der Waals surface area contributed by atoms with Gasteiger partial charge in [0, 0.05) is 11.4 Å². The van der Waals surface area contributed by atoms with E-state index in [1.807, 2.05) is 0 Å². The molecule has 0 aromatic heterocycles. The monoisotopic (exact) mass is 392 g/mol. The third-order valence-electron chi connectivity index (χ3n) is 2.96. The van der Waals surface area contributed by atoms with Crippen LogP contribution in [0.2, 0.25) is 5.02 Å². The van der Waals surface area contributed by atoms with E-state index >= 15 is 0 Å². The van der Waals surface area contributed by atoms with Crippen molar-refractivity contribution in [1.82, 2.24) is 0 Å². The zero-order chi connectivity index (χ0) is 19.1. The van der Waals surface area contributed by atoms with Gasteiger partial charge in [-0.1, -0.05) is 11.6 Å². The first-order chi connectivity index (χ1) is 12.3. The summed E-state index contributed by atoms with van der Waals surface area (Å²) in [7, 11) is 0. The lowest BCUT2D eigenvalue weighted by Crippen LogP contribution is -2.21. The lowest BCUT2D eigenvalue weighted by molar-refractivity contribution is -0.114. The van der Waals surface area contributed by atoms with Crippen molar-refractivity contribution in [2.45, 2.75) is 13.2 Å². The van der Waals surface area contributed by atoms with Gasteiger partial charge in [0.25, 0.3) is 0 Å². The van der Waals surface area contributed by atoms with E-state index in [1.54, 1.807) is 0 Å². The standard InChI is InChI=1S/C16H13ClF4N2O3/c17-12-7-10(3-6-13(12)26-16(20)21)22-8-14(24)23-9-1-4-11(5-2-9)25-15(18)19/h1-7,15-16,22H,8H2,(H,23,24). The molecule has 0 aliphatic rings. The van der Waals surface area contributed by atoms with Crippen LogP contribution in [0.3, 0.4) is 0 Å². The van der Waals surface area contributed by atoms with E-state index in [4.69, 9.17) is 11.6 Å². The molecule has 0 saturated carbocycles. The first-order valence-electron chi connectivity index (χ1n) is 7.16. The highest BCUT2D eigenvalue weighted by molar-refractivity contribution is 6.32. The number of carbonyl (C=O) groups is 1. The topological polar surface area (TPSA) is 59.6 Å². The number of benzene rings is 2. The van der Waals surface area contributed by atoms with Crippen LogP contribution in [0.4, 0.5) is 28.9 Å². The Morgan fingerprint density at radius 3 is 2.15 bits per heavy atom. The van der Waals surface area contributed by atoms with Gasteiger partial charge >= 0.3 is 13.2 Å². The van der Waals surface area contributed by atoms with Crippen molar-refractivity contribution >= 4 is 28.9 Å². The number of hydrogen-bond acceptors (Lipinski definition) is 4. The Labute approximate surface area is 150 Å². The third kappa shape index (κ3) is 6.32. The van der Waals surface area contributed by atoms with Crippen molar-refractivity contribution in [3.8, 4) is 11.5 Å². The zero-order valence-corrected chi connectivity index (χ0v) is 13.8. The molecular formula is C16H13ClF4N2O3. The average Bonchev–Trinajstić information content (AvgIpc) is 2.56. The van der Waals surface area contributed by atoms with E-state index in [9.17, 15) is 22.4 Å². The van der Waals surface area contributed by atoms with Gasteiger partial charge < -0.3 is 20.1 Å². The number of alkyl halides is 4. The number of ether oxygens (including phenoxy) is 2. The first-order valence-corrected chi connectivity index (χ1v) is 7.54. The second-order valence-electron chi connectivity index (χ2n) is 4.83. The number of nitrogens with one attached hydrogen (secondary N) is 2. The van der Waals surface area contributed by atoms with E-state index in [-0.39, 0.29) is 23.1 Å².